The summed E-state index contributed by atoms with van der Waals surface area (Å²) in [5.41, 5.74) is 0.728. The Hall–Kier alpha value is -2.74. The molecule has 0 amide bonds. The van der Waals surface area contributed by atoms with Gasteiger partial charge in [0.15, 0.2) is 0 Å². The van der Waals surface area contributed by atoms with Crippen LogP contribution in [0.2, 0.25) is 10.0 Å². The lowest BCUT2D eigenvalue weighted by atomic mass is 9.88. The zero-order valence-corrected chi connectivity index (χ0v) is 23.6. The highest BCUT2D eigenvalue weighted by Crippen LogP contribution is 2.33. The van der Waals surface area contributed by atoms with Gasteiger partial charge in [-0.05, 0) is 70.5 Å². The van der Waals surface area contributed by atoms with Gasteiger partial charge < -0.3 is 19.5 Å². The monoisotopic (exact) mass is 559 g/mol. The van der Waals surface area contributed by atoms with E-state index in [9.17, 15) is 9.90 Å². The van der Waals surface area contributed by atoms with Crippen LogP contribution in [-0.4, -0.2) is 66.4 Å². The number of rotatable bonds is 11. The molecule has 1 saturated heterocycles. The van der Waals surface area contributed by atoms with E-state index in [2.05, 4.69) is 14.8 Å². The van der Waals surface area contributed by atoms with Gasteiger partial charge in [-0.25, -0.2) is 4.98 Å². The first-order valence-electron chi connectivity index (χ1n) is 13.0. The second-order valence-electron chi connectivity index (χ2n) is 10.2. The number of pyridine rings is 1. The summed E-state index contributed by atoms with van der Waals surface area (Å²) in [5.74, 6) is 0.244. The average molecular weight is 561 g/mol. The van der Waals surface area contributed by atoms with Gasteiger partial charge in [-0.2, -0.15) is 0 Å². The fourth-order valence-corrected chi connectivity index (χ4v) is 4.73. The average Bonchev–Trinajstić information content (AvgIpc) is 2.90. The van der Waals surface area contributed by atoms with Crippen LogP contribution in [-0.2, 0) is 4.79 Å². The van der Waals surface area contributed by atoms with Gasteiger partial charge in [-0.1, -0.05) is 29.3 Å². The van der Waals surface area contributed by atoms with E-state index in [1.807, 2.05) is 42.5 Å². The number of benzene rings is 2. The van der Waals surface area contributed by atoms with Crippen molar-refractivity contribution in [1.82, 2.24) is 9.88 Å². The van der Waals surface area contributed by atoms with Crippen molar-refractivity contribution in [3.8, 4) is 11.6 Å². The topological polar surface area (TPSA) is 75.1 Å². The Balaban J connectivity index is 1.21. The number of anilines is 1. The fourth-order valence-electron chi connectivity index (χ4n) is 4.31. The van der Waals surface area contributed by atoms with Crippen molar-refractivity contribution in [2.75, 3.05) is 44.2 Å². The first-order chi connectivity index (χ1) is 18.1. The number of ether oxygens (including phenoxy) is 2. The van der Waals surface area contributed by atoms with E-state index in [1.54, 1.807) is 26.8 Å². The summed E-state index contributed by atoms with van der Waals surface area (Å²) >= 11 is 12.6. The van der Waals surface area contributed by atoms with E-state index in [1.165, 1.54) is 0 Å². The molecule has 0 bridgehead atoms. The van der Waals surface area contributed by atoms with Crippen molar-refractivity contribution in [2.45, 2.75) is 39.7 Å². The third-order valence-electron chi connectivity index (χ3n) is 7.28. The Morgan fingerprint density at radius 3 is 2.55 bits per heavy atom. The molecule has 1 fully saturated rings. The van der Waals surface area contributed by atoms with Crippen LogP contribution in [0.15, 0.2) is 48.5 Å². The lowest BCUT2D eigenvalue weighted by Crippen LogP contribution is -2.46. The SMILES string of the molecule is CC(Oc1ccc2ccc(OCCCCN3CCN(c4cccc(Cl)c4Cl)CC3)cc2n1)C(C)(C)C(=O)O. The first kappa shape index (κ1) is 28.3. The minimum absolute atomic E-state index is 0.397. The van der Waals surface area contributed by atoms with Gasteiger partial charge in [-0.3, -0.25) is 9.69 Å². The van der Waals surface area contributed by atoms with Crippen molar-refractivity contribution in [3.05, 3.63) is 58.6 Å². The third-order valence-corrected chi connectivity index (χ3v) is 8.09. The quantitative estimate of drug-likeness (QED) is 0.272. The molecule has 1 N–H and O–H groups in total. The molecule has 2 heterocycles. The van der Waals surface area contributed by atoms with Crippen LogP contribution >= 0.6 is 23.2 Å². The van der Waals surface area contributed by atoms with Gasteiger partial charge in [0.1, 0.15) is 11.9 Å². The van der Waals surface area contributed by atoms with Gasteiger partial charge in [0.05, 0.1) is 33.3 Å². The number of piperazine rings is 1. The molecule has 2 aromatic carbocycles. The molecule has 3 aromatic rings. The molecule has 1 aliphatic rings. The zero-order valence-electron chi connectivity index (χ0n) is 22.1. The highest BCUT2D eigenvalue weighted by atomic mass is 35.5. The summed E-state index contributed by atoms with van der Waals surface area (Å²) in [5, 5.41) is 11.6. The van der Waals surface area contributed by atoms with Crippen molar-refractivity contribution in [1.29, 1.82) is 0 Å². The molecule has 1 aliphatic heterocycles. The predicted molar refractivity (Wildman–Crippen MR) is 153 cm³/mol. The summed E-state index contributed by atoms with van der Waals surface area (Å²) in [6.45, 7) is 10.5. The molecule has 1 atom stereocenters. The summed E-state index contributed by atoms with van der Waals surface area (Å²) in [4.78, 5) is 20.8. The summed E-state index contributed by atoms with van der Waals surface area (Å²) in [7, 11) is 0. The molecule has 38 heavy (non-hydrogen) atoms. The van der Waals surface area contributed by atoms with Gasteiger partial charge in [-0.15, -0.1) is 0 Å². The first-order valence-corrected chi connectivity index (χ1v) is 13.8. The molecule has 7 nitrogen and oxygen atoms in total. The number of carboxylic acid groups (broad SMARTS) is 1. The van der Waals surface area contributed by atoms with E-state index >= 15 is 0 Å². The lowest BCUT2D eigenvalue weighted by Gasteiger charge is -2.36. The summed E-state index contributed by atoms with van der Waals surface area (Å²) < 4.78 is 11.8. The van der Waals surface area contributed by atoms with Crippen molar-refractivity contribution >= 4 is 45.8 Å². The molecule has 1 aromatic heterocycles. The maximum atomic E-state index is 11.5. The highest BCUT2D eigenvalue weighted by molar-refractivity contribution is 6.43. The second kappa shape index (κ2) is 12.4. The lowest BCUT2D eigenvalue weighted by molar-refractivity contribution is -0.151. The van der Waals surface area contributed by atoms with Crippen LogP contribution in [0.5, 0.6) is 11.6 Å². The number of fused-ring (bicyclic) bond motifs is 1. The molecule has 9 heteroatoms. The molecule has 204 valence electrons. The van der Waals surface area contributed by atoms with Crippen LogP contribution < -0.4 is 14.4 Å². The number of carboxylic acids is 1. The number of nitrogens with zero attached hydrogens (tertiary/aromatic N) is 3. The third kappa shape index (κ3) is 6.82. The van der Waals surface area contributed by atoms with E-state index < -0.39 is 17.5 Å². The van der Waals surface area contributed by atoms with Gasteiger partial charge in [0, 0.05) is 43.7 Å². The van der Waals surface area contributed by atoms with Crippen LogP contribution in [0.3, 0.4) is 0 Å². The molecular weight excluding hydrogens is 525 g/mol. The van der Waals surface area contributed by atoms with Gasteiger partial charge >= 0.3 is 5.97 Å². The van der Waals surface area contributed by atoms with Crippen molar-refractivity contribution in [2.24, 2.45) is 5.41 Å². The number of hydrogen-bond donors (Lipinski definition) is 1. The minimum atomic E-state index is -1.03. The summed E-state index contributed by atoms with van der Waals surface area (Å²) in [6.07, 6.45) is 1.47. The Kier molecular flexibility index (Phi) is 9.23. The van der Waals surface area contributed by atoms with E-state index in [0.717, 1.165) is 67.9 Å². The maximum Gasteiger partial charge on any atom is 0.312 e. The number of carbonyl (C=O) groups is 1. The highest BCUT2D eigenvalue weighted by Gasteiger charge is 2.36. The van der Waals surface area contributed by atoms with Crippen molar-refractivity contribution in [3.63, 3.8) is 0 Å². The van der Waals surface area contributed by atoms with E-state index in [-0.39, 0.29) is 0 Å². The molecule has 4 rings (SSSR count). The largest absolute Gasteiger partial charge is 0.494 e. The van der Waals surface area contributed by atoms with E-state index in [0.29, 0.717) is 22.5 Å². The number of aromatic nitrogens is 1. The molecule has 0 spiro atoms. The van der Waals surface area contributed by atoms with E-state index in [4.69, 9.17) is 32.7 Å². The zero-order chi connectivity index (χ0) is 27.3. The Labute approximate surface area is 234 Å². The molecule has 0 aliphatic carbocycles. The smallest absolute Gasteiger partial charge is 0.312 e. The molecular formula is C29H35Cl2N3O4. The minimum Gasteiger partial charge on any atom is -0.494 e. The van der Waals surface area contributed by atoms with Gasteiger partial charge in [0.2, 0.25) is 5.88 Å². The maximum absolute atomic E-state index is 11.5. The standard InChI is InChI=1S/C29H35Cl2N3O4/c1-20(29(2,3)28(35)36)38-26-12-10-21-9-11-22(19-24(21)32-26)37-18-5-4-13-33-14-16-34(17-15-33)25-8-6-7-23(30)27(25)31/h6-12,19-20H,4-5,13-18H2,1-3H3,(H,35,36). The van der Waals surface area contributed by atoms with Crippen LogP contribution in [0.25, 0.3) is 10.9 Å². The Morgan fingerprint density at radius 1 is 1.08 bits per heavy atom. The number of aliphatic carboxylic acids is 1. The summed E-state index contributed by atoms with van der Waals surface area (Å²) in [6, 6.07) is 15.3. The number of hydrogen-bond acceptors (Lipinski definition) is 6. The number of halogens is 2. The normalized spacial score (nSPS) is 15.4. The molecule has 0 saturated carbocycles. The van der Waals surface area contributed by atoms with Crippen LogP contribution in [0.1, 0.15) is 33.6 Å². The van der Waals surface area contributed by atoms with Crippen molar-refractivity contribution < 1.29 is 19.4 Å². The molecule has 1 unspecified atom stereocenters. The van der Waals surface area contributed by atoms with Crippen LogP contribution in [0.4, 0.5) is 5.69 Å². The molecule has 0 radical (unpaired) electrons. The van der Waals surface area contributed by atoms with Crippen LogP contribution in [0, 0.1) is 5.41 Å². The predicted octanol–water partition coefficient (Wildman–Crippen LogP) is 6.40. The second-order valence-corrected chi connectivity index (χ2v) is 11.0. The number of unbranched alkanes of at least 4 members (excludes halogenated alkanes) is 1. The van der Waals surface area contributed by atoms with Gasteiger partial charge in [0.25, 0.3) is 0 Å². The Morgan fingerprint density at radius 2 is 1.82 bits per heavy atom. The fraction of sp³-hybridized carbons (Fsp3) is 0.448. The Bertz CT molecular complexity index is 1260.